The number of methoxy groups -OCH3 is 1. The van der Waals surface area contributed by atoms with Crippen molar-refractivity contribution in [2.75, 3.05) is 7.11 Å². The summed E-state index contributed by atoms with van der Waals surface area (Å²) in [6.45, 7) is 4.64. The Balaban J connectivity index is 1.69. The second kappa shape index (κ2) is 7.38. The molecule has 0 fully saturated rings. The highest BCUT2D eigenvalue weighted by Crippen LogP contribution is 2.25. The monoisotopic (exact) mass is 337 g/mol. The van der Waals surface area contributed by atoms with Crippen molar-refractivity contribution in [1.82, 2.24) is 14.9 Å². The van der Waals surface area contributed by atoms with Crippen LogP contribution >= 0.6 is 0 Å². The Morgan fingerprint density at radius 1 is 1.20 bits per heavy atom. The second-order valence-electron chi connectivity index (χ2n) is 6.36. The molecule has 1 unspecified atom stereocenters. The van der Waals surface area contributed by atoms with Gasteiger partial charge in [-0.1, -0.05) is 24.3 Å². The molecule has 0 radical (unpaired) electrons. The topological polar surface area (TPSA) is 56.1 Å². The molecule has 25 heavy (non-hydrogen) atoms. The molecule has 2 aromatic carbocycles. The van der Waals surface area contributed by atoms with Crippen LogP contribution in [0.2, 0.25) is 0 Å². The summed E-state index contributed by atoms with van der Waals surface area (Å²) in [5.41, 5.74) is 1.00. The van der Waals surface area contributed by atoms with Gasteiger partial charge in [-0.15, -0.1) is 0 Å². The normalized spacial score (nSPS) is 13.4. The lowest BCUT2D eigenvalue weighted by Gasteiger charge is -2.18. The Kier molecular flexibility index (Phi) is 5.03. The van der Waals surface area contributed by atoms with Crippen molar-refractivity contribution in [3.05, 3.63) is 60.7 Å². The van der Waals surface area contributed by atoms with Crippen molar-refractivity contribution in [2.45, 2.75) is 32.4 Å². The molecule has 1 amide bonds. The summed E-state index contributed by atoms with van der Waals surface area (Å²) in [4.78, 5) is 16.6. The van der Waals surface area contributed by atoms with Crippen LogP contribution in [0.5, 0.6) is 5.75 Å². The van der Waals surface area contributed by atoms with Crippen LogP contribution in [0, 0.1) is 0 Å². The van der Waals surface area contributed by atoms with Crippen LogP contribution in [0.1, 0.15) is 25.3 Å². The van der Waals surface area contributed by atoms with Gasteiger partial charge in [0, 0.05) is 25.0 Å². The molecular formula is C20H23N3O2. The van der Waals surface area contributed by atoms with E-state index in [4.69, 9.17) is 4.74 Å². The number of nitrogens with one attached hydrogen (secondary N) is 1. The lowest BCUT2D eigenvalue weighted by Crippen LogP contribution is -2.37. The van der Waals surface area contributed by atoms with Crippen LogP contribution in [-0.4, -0.2) is 28.6 Å². The highest BCUT2D eigenvalue weighted by Gasteiger charge is 2.17. The van der Waals surface area contributed by atoms with Gasteiger partial charge in [-0.3, -0.25) is 4.79 Å². The maximum atomic E-state index is 12.6. The predicted octanol–water partition coefficient (Wildman–Crippen LogP) is 3.35. The maximum absolute atomic E-state index is 12.6. The first-order valence-electron chi connectivity index (χ1n) is 8.40. The summed E-state index contributed by atoms with van der Waals surface area (Å²) in [5, 5.41) is 5.28. The molecule has 0 bridgehead atoms. The Labute approximate surface area is 147 Å². The number of aromatic nitrogens is 2. The zero-order chi connectivity index (χ0) is 17.8. The number of nitrogens with zero attached hydrogens (tertiary/aromatic N) is 2. The van der Waals surface area contributed by atoms with Gasteiger partial charge in [0.2, 0.25) is 5.91 Å². The van der Waals surface area contributed by atoms with Gasteiger partial charge < -0.3 is 14.6 Å². The average Bonchev–Trinajstić information content (AvgIpc) is 3.12. The van der Waals surface area contributed by atoms with Gasteiger partial charge in [-0.2, -0.15) is 0 Å². The van der Waals surface area contributed by atoms with Crippen molar-refractivity contribution in [2.24, 2.45) is 0 Å². The minimum atomic E-state index is -0.211. The number of imidazole rings is 1. The number of ether oxygens (including phenoxy) is 1. The van der Waals surface area contributed by atoms with Gasteiger partial charge in [0.25, 0.3) is 0 Å². The number of benzene rings is 2. The fourth-order valence-electron chi connectivity index (χ4n) is 2.91. The summed E-state index contributed by atoms with van der Waals surface area (Å²) in [7, 11) is 1.66. The third-order valence-corrected chi connectivity index (χ3v) is 4.40. The first-order chi connectivity index (χ1) is 12.1. The predicted molar refractivity (Wildman–Crippen MR) is 98.7 cm³/mol. The van der Waals surface area contributed by atoms with E-state index in [1.807, 2.05) is 54.9 Å². The zero-order valence-corrected chi connectivity index (χ0v) is 14.8. The Bertz CT molecular complexity index is 859. The van der Waals surface area contributed by atoms with Crippen molar-refractivity contribution >= 4 is 16.7 Å². The van der Waals surface area contributed by atoms with Gasteiger partial charge in [-0.25, -0.2) is 4.98 Å². The number of carbonyl (C=O) groups is 1. The third kappa shape index (κ3) is 3.99. The number of carbonyl (C=O) groups excluding carboxylic acids is 1. The van der Waals surface area contributed by atoms with E-state index in [9.17, 15) is 4.79 Å². The van der Waals surface area contributed by atoms with E-state index in [0.29, 0.717) is 6.54 Å². The molecule has 0 aliphatic rings. The van der Waals surface area contributed by atoms with Crippen LogP contribution in [0.3, 0.4) is 0 Å². The lowest BCUT2D eigenvalue weighted by atomic mass is 9.96. The standard InChI is InChI=1S/C20H23N3O2/c1-14(12-23-9-8-21-13-23)22-20(24)15(2)16-4-5-18-11-19(25-3)7-6-17(18)10-16/h4-11,13-15H,12H2,1-3H3,(H,22,24)/t14?,15-/m1/s1. The fraction of sp³-hybridized carbons (Fsp3) is 0.300. The lowest BCUT2D eigenvalue weighted by molar-refractivity contribution is -0.122. The van der Waals surface area contributed by atoms with Crippen molar-refractivity contribution < 1.29 is 9.53 Å². The van der Waals surface area contributed by atoms with Crippen LogP contribution in [-0.2, 0) is 11.3 Å². The molecule has 1 aromatic heterocycles. The van der Waals surface area contributed by atoms with E-state index in [1.54, 1.807) is 19.6 Å². The number of fused-ring (bicyclic) bond motifs is 1. The SMILES string of the molecule is COc1ccc2cc([C@@H](C)C(=O)NC(C)Cn3ccnc3)ccc2c1. The van der Waals surface area contributed by atoms with E-state index in [-0.39, 0.29) is 17.9 Å². The Morgan fingerprint density at radius 2 is 1.96 bits per heavy atom. The Morgan fingerprint density at radius 3 is 2.68 bits per heavy atom. The molecule has 0 aliphatic carbocycles. The van der Waals surface area contributed by atoms with E-state index in [2.05, 4.69) is 16.4 Å². The molecule has 1 heterocycles. The summed E-state index contributed by atoms with van der Waals surface area (Å²) >= 11 is 0. The number of hydrogen-bond acceptors (Lipinski definition) is 3. The van der Waals surface area contributed by atoms with Crippen molar-refractivity contribution in [1.29, 1.82) is 0 Å². The van der Waals surface area contributed by atoms with Crippen LogP contribution in [0.15, 0.2) is 55.1 Å². The van der Waals surface area contributed by atoms with Crippen LogP contribution in [0.25, 0.3) is 10.8 Å². The summed E-state index contributed by atoms with van der Waals surface area (Å²) in [6, 6.07) is 12.1. The molecule has 2 atom stereocenters. The highest BCUT2D eigenvalue weighted by atomic mass is 16.5. The molecule has 0 saturated heterocycles. The van der Waals surface area contributed by atoms with Crippen LogP contribution in [0.4, 0.5) is 0 Å². The largest absolute Gasteiger partial charge is 0.497 e. The molecule has 5 nitrogen and oxygen atoms in total. The first-order valence-corrected chi connectivity index (χ1v) is 8.40. The van der Waals surface area contributed by atoms with Gasteiger partial charge in [-0.05, 0) is 42.3 Å². The van der Waals surface area contributed by atoms with Gasteiger partial charge in [0.15, 0.2) is 0 Å². The van der Waals surface area contributed by atoms with Crippen molar-refractivity contribution in [3.8, 4) is 5.75 Å². The van der Waals surface area contributed by atoms with Crippen LogP contribution < -0.4 is 10.1 Å². The smallest absolute Gasteiger partial charge is 0.227 e. The quantitative estimate of drug-likeness (QED) is 0.750. The minimum Gasteiger partial charge on any atom is -0.497 e. The van der Waals surface area contributed by atoms with E-state index in [0.717, 1.165) is 22.1 Å². The molecule has 3 rings (SSSR count). The van der Waals surface area contributed by atoms with Gasteiger partial charge in [0.05, 0.1) is 19.4 Å². The second-order valence-corrected chi connectivity index (χ2v) is 6.36. The molecular weight excluding hydrogens is 314 g/mol. The highest BCUT2D eigenvalue weighted by molar-refractivity contribution is 5.88. The molecule has 0 spiro atoms. The summed E-state index contributed by atoms with van der Waals surface area (Å²) in [6.07, 6.45) is 5.38. The molecule has 3 aromatic rings. The number of rotatable bonds is 6. The maximum Gasteiger partial charge on any atom is 0.227 e. The molecule has 0 saturated carbocycles. The zero-order valence-electron chi connectivity index (χ0n) is 14.8. The molecule has 1 N–H and O–H groups in total. The first kappa shape index (κ1) is 17.0. The van der Waals surface area contributed by atoms with Crippen molar-refractivity contribution in [3.63, 3.8) is 0 Å². The molecule has 130 valence electrons. The summed E-state index contributed by atoms with van der Waals surface area (Å²) in [5.74, 6) is 0.650. The summed E-state index contributed by atoms with van der Waals surface area (Å²) < 4.78 is 7.21. The minimum absolute atomic E-state index is 0.0282. The van der Waals surface area contributed by atoms with Gasteiger partial charge in [0.1, 0.15) is 5.75 Å². The Hall–Kier alpha value is -2.82. The fourth-order valence-corrected chi connectivity index (χ4v) is 2.91. The van der Waals surface area contributed by atoms with E-state index in [1.165, 1.54) is 0 Å². The van der Waals surface area contributed by atoms with Gasteiger partial charge >= 0.3 is 0 Å². The molecule has 5 heteroatoms. The molecule has 0 aliphatic heterocycles. The average molecular weight is 337 g/mol. The van der Waals surface area contributed by atoms with E-state index < -0.39 is 0 Å². The third-order valence-electron chi connectivity index (χ3n) is 4.40. The number of amides is 1. The number of hydrogen-bond donors (Lipinski definition) is 1. The van der Waals surface area contributed by atoms with E-state index >= 15 is 0 Å².